The second kappa shape index (κ2) is 8.56. The van der Waals surface area contributed by atoms with Gasteiger partial charge in [0.2, 0.25) is 0 Å². The number of benzene rings is 3. The first-order valence-electron chi connectivity index (χ1n) is 10.8. The summed E-state index contributed by atoms with van der Waals surface area (Å²) in [5.74, 6) is 0.0636. The molecule has 1 aromatic heterocycles. The summed E-state index contributed by atoms with van der Waals surface area (Å²) < 4.78 is 2.03. The summed E-state index contributed by atoms with van der Waals surface area (Å²) in [6, 6.07) is 25.6. The number of fused-ring (bicyclic) bond motifs is 1. The number of imidazole rings is 1. The normalized spacial score (nSPS) is 14.2. The predicted octanol–water partition coefficient (Wildman–Crippen LogP) is 4.25. The average molecular weight is 422 g/mol. The Hall–Kier alpha value is -4.11. The van der Waals surface area contributed by atoms with Crippen molar-refractivity contribution in [3.63, 3.8) is 0 Å². The van der Waals surface area contributed by atoms with Crippen molar-refractivity contribution in [2.75, 3.05) is 31.1 Å². The number of aromatic nitrogens is 2. The molecule has 0 atom stereocenters. The van der Waals surface area contributed by atoms with E-state index in [1.807, 2.05) is 88.6 Å². The smallest absolute Gasteiger partial charge is 0.253 e. The van der Waals surface area contributed by atoms with Gasteiger partial charge >= 0.3 is 0 Å². The zero-order chi connectivity index (χ0) is 21.9. The number of para-hydroxylation sites is 2. The van der Waals surface area contributed by atoms with E-state index in [1.165, 1.54) is 0 Å². The molecule has 1 aliphatic rings. The molecule has 0 radical (unpaired) electrons. The first-order chi connectivity index (χ1) is 15.7. The summed E-state index contributed by atoms with van der Waals surface area (Å²) in [6.07, 6.45) is 2.72. The van der Waals surface area contributed by atoms with Crippen molar-refractivity contribution in [2.24, 2.45) is 0 Å². The van der Waals surface area contributed by atoms with Crippen LogP contribution in [0.5, 0.6) is 0 Å². The number of carbonyl (C=O) groups is 1. The minimum absolute atomic E-state index is 0.0636. The minimum atomic E-state index is 0.0636. The Morgan fingerprint density at radius 1 is 0.844 bits per heavy atom. The molecule has 1 saturated heterocycles. The standard InChI is InChI=1S/C26H23N5O/c27-18-20-6-10-22(11-7-20)29-14-3-15-30(17-16-29)26(32)21-8-12-23(13-9-21)31-19-28-24-4-1-2-5-25(24)31/h1-2,4-13,19H,3,14-17H2. The Morgan fingerprint density at radius 3 is 2.38 bits per heavy atom. The molecular weight excluding hydrogens is 398 g/mol. The van der Waals surface area contributed by atoms with E-state index >= 15 is 0 Å². The number of hydrogen-bond acceptors (Lipinski definition) is 4. The predicted molar refractivity (Wildman–Crippen MR) is 125 cm³/mol. The van der Waals surface area contributed by atoms with E-state index in [4.69, 9.17) is 5.26 Å². The molecule has 0 N–H and O–H groups in total. The zero-order valence-corrected chi connectivity index (χ0v) is 17.7. The van der Waals surface area contributed by atoms with Crippen LogP contribution in [0.2, 0.25) is 0 Å². The lowest BCUT2D eigenvalue weighted by Gasteiger charge is -2.24. The highest BCUT2D eigenvalue weighted by Crippen LogP contribution is 2.20. The van der Waals surface area contributed by atoms with Crippen LogP contribution < -0.4 is 4.90 Å². The lowest BCUT2D eigenvalue weighted by molar-refractivity contribution is 0.0767. The van der Waals surface area contributed by atoms with Crippen molar-refractivity contribution in [2.45, 2.75) is 6.42 Å². The molecule has 0 unspecified atom stereocenters. The van der Waals surface area contributed by atoms with Crippen LogP contribution >= 0.6 is 0 Å². The van der Waals surface area contributed by atoms with Gasteiger partial charge in [-0.1, -0.05) is 12.1 Å². The summed E-state index contributed by atoms with van der Waals surface area (Å²) in [5.41, 5.74) is 5.43. The van der Waals surface area contributed by atoms with Crippen LogP contribution in [0.4, 0.5) is 5.69 Å². The molecule has 0 spiro atoms. The number of hydrogen-bond donors (Lipinski definition) is 0. The van der Waals surface area contributed by atoms with Gasteiger partial charge in [0.1, 0.15) is 6.33 Å². The second-order valence-electron chi connectivity index (χ2n) is 7.94. The van der Waals surface area contributed by atoms with Crippen molar-refractivity contribution in [3.8, 4) is 11.8 Å². The van der Waals surface area contributed by atoms with Crippen molar-refractivity contribution >= 4 is 22.6 Å². The van der Waals surface area contributed by atoms with Crippen LogP contribution in [-0.4, -0.2) is 46.5 Å². The lowest BCUT2D eigenvalue weighted by Crippen LogP contribution is -2.35. The Balaban J connectivity index is 1.28. The minimum Gasteiger partial charge on any atom is -0.370 e. The highest BCUT2D eigenvalue weighted by molar-refractivity contribution is 5.94. The summed E-state index contributed by atoms with van der Waals surface area (Å²) in [5, 5.41) is 8.99. The lowest BCUT2D eigenvalue weighted by atomic mass is 10.1. The van der Waals surface area contributed by atoms with E-state index in [-0.39, 0.29) is 5.91 Å². The van der Waals surface area contributed by atoms with Crippen LogP contribution in [0.25, 0.3) is 16.7 Å². The fourth-order valence-electron chi connectivity index (χ4n) is 4.24. The summed E-state index contributed by atoms with van der Waals surface area (Å²) >= 11 is 0. The van der Waals surface area contributed by atoms with Gasteiger partial charge in [-0.15, -0.1) is 0 Å². The second-order valence-corrected chi connectivity index (χ2v) is 7.94. The van der Waals surface area contributed by atoms with E-state index in [0.29, 0.717) is 17.7 Å². The largest absolute Gasteiger partial charge is 0.370 e. The van der Waals surface area contributed by atoms with Gasteiger partial charge in [-0.05, 0) is 67.1 Å². The topological polar surface area (TPSA) is 65.2 Å². The molecule has 6 heteroatoms. The molecule has 4 aromatic rings. The monoisotopic (exact) mass is 421 g/mol. The summed E-state index contributed by atoms with van der Waals surface area (Å²) in [4.78, 5) is 21.8. The van der Waals surface area contributed by atoms with Gasteiger partial charge in [0, 0.05) is 43.1 Å². The van der Waals surface area contributed by atoms with Crippen LogP contribution in [0, 0.1) is 11.3 Å². The van der Waals surface area contributed by atoms with E-state index in [0.717, 1.165) is 48.5 Å². The number of nitriles is 1. The van der Waals surface area contributed by atoms with Crippen molar-refractivity contribution in [1.29, 1.82) is 5.26 Å². The zero-order valence-electron chi connectivity index (χ0n) is 17.7. The highest BCUT2D eigenvalue weighted by atomic mass is 16.2. The third kappa shape index (κ3) is 3.81. The molecule has 1 amide bonds. The van der Waals surface area contributed by atoms with Crippen LogP contribution in [0.1, 0.15) is 22.3 Å². The van der Waals surface area contributed by atoms with Gasteiger partial charge < -0.3 is 9.80 Å². The van der Waals surface area contributed by atoms with Crippen molar-refractivity contribution in [1.82, 2.24) is 14.5 Å². The molecule has 5 rings (SSSR count). The van der Waals surface area contributed by atoms with Gasteiger partial charge in [-0.2, -0.15) is 5.26 Å². The van der Waals surface area contributed by atoms with E-state index < -0.39 is 0 Å². The van der Waals surface area contributed by atoms with E-state index in [1.54, 1.807) is 0 Å². The number of nitrogens with zero attached hydrogens (tertiary/aromatic N) is 5. The maximum absolute atomic E-state index is 13.1. The molecular formula is C26H23N5O. The third-order valence-corrected chi connectivity index (χ3v) is 5.99. The fraction of sp³-hybridized carbons (Fsp3) is 0.192. The number of carbonyl (C=O) groups excluding carboxylic acids is 1. The van der Waals surface area contributed by atoms with Gasteiger partial charge in [-0.3, -0.25) is 9.36 Å². The quantitative estimate of drug-likeness (QED) is 0.496. The molecule has 3 aromatic carbocycles. The van der Waals surface area contributed by atoms with Crippen LogP contribution in [-0.2, 0) is 0 Å². The number of rotatable bonds is 3. The Kier molecular flexibility index (Phi) is 5.30. The molecule has 0 aliphatic carbocycles. The first-order valence-corrected chi connectivity index (χ1v) is 10.8. The Bertz CT molecular complexity index is 1280. The maximum Gasteiger partial charge on any atom is 0.253 e. The highest BCUT2D eigenvalue weighted by Gasteiger charge is 2.20. The molecule has 32 heavy (non-hydrogen) atoms. The van der Waals surface area contributed by atoms with Crippen molar-refractivity contribution < 1.29 is 4.79 Å². The van der Waals surface area contributed by atoms with E-state index in [2.05, 4.69) is 16.0 Å². The third-order valence-electron chi connectivity index (χ3n) is 5.99. The molecule has 158 valence electrons. The van der Waals surface area contributed by atoms with Gasteiger partial charge in [0.05, 0.1) is 22.7 Å². The van der Waals surface area contributed by atoms with Crippen LogP contribution in [0.3, 0.4) is 0 Å². The Morgan fingerprint density at radius 2 is 1.59 bits per heavy atom. The van der Waals surface area contributed by atoms with Crippen LogP contribution in [0.15, 0.2) is 79.1 Å². The average Bonchev–Trinajstić information content (AvgIpc) is 3.13. The fourth-order valence-corrected chi connectivity index (χ4v) is 4.24. The molecule has 0 saturated carbocycles. The Labute approximate surface area is 186 Å². The maximum atomic E-state index is 13.1. The molecule has 1 fully saturated rings. The summed E-state index contributed by atoms with van der Waals surface area (Å²) in [6.45, 7) is 3.07. The molecule has 1 aliphatic heterocycles. The molecule has 6 nitrogen and oxygen atoms in total. The first kappa shape index (κ1) is 19.8. The van der Waals surface area contributed by atoms with Gasteiger partial charge in [0.25, 0.3) is 5.91 Å². The summed E-state index contributed by atoms with van der Waals surface area (Å²) in [7, 11) is 0. The van der Waals surface area contributed by atoms with E-state index in [9.17, 15) is 4.79 Å². The number of amides is 1. The molecule has 2 heterocycles. The van der Waals surface area contributed by atoms with Gasteiger partial charge in [0.15, 0.2) is 0 Å². The van der Waals surface area contributed by atoms with Gasteiger partial charge in [-0.25, -0.2) is 4.98 Å². The van der Waals surface area contributed by atoms with Crippen molar-refractivity contribution in [3.05, 3.63) is 90.3 Å². The molecule has 0 bridgehead atoms. The number of anilines is 1. The SMILES string of the molecule is N#Cc1ccc(N2CCCN(C(=O)c3ccc(-n4cnc5ccccc54)cc3)CC2)cc1.